The van der Waals surface area contributed by atoms with Gasteiger partial charge in [0, 0.05) is 18.3 Å². The summed E-state index contributed by atoms with van der Waals surface area (Å²) < 4.78 is 0. The minimum absolute atomic E-state index is 0.754. The summed E-state index contributed by atoms with van der Waals surface area (Å²) in [5.74, 6) is 1.62. The Morgan fingerprint density at radius 2 is 1.84 bits per heavy atom. The van der Waals surface area contributed by atoms with Gasteiger partial charge >= 0.3 is 0 Å². The standard InChI is InChI=1S/C16H15N3/c1-2-17-15-9-10-18-16(19-15)14-8-7-12-5-3-4-6-13(12)11-14/h3-11H,2H2,1H3,(H,17,18,19). The lowest BCUT2D eigenvalue weighted by Gasteiger charge is -2.05. The second kappa shape index (κ2) is 5.06. The van der Waals surface area contributed by atoms with Gasteiger partial charge in [-0.15, -0.1) is 0 Å². The molecule has 0 bridgehead atoms. The zero-order valence-electron chi connectivity index (χ0n) is 10.8. The van der Waals surface area contributed by atoms with Crippen LogP contribution in [0.25, 0.3) is 22.2 Å². The zero-order chi connectivity index (χ0) is 13.1. The summed E-state index contributed by atoms with van der Waals surface area (Å²) in [6.45, 7) is 2.91. The van der Waals surface area contributed by atoms with Gasteiger partial charge in [-0.1, -0.05) is 36.4 Å². The molecule has 19 heavy (non-hydrogen) atoms. The molecular formula is C16H15N3. The van der Waals surface area contributed by atoms with Crippen LogP contribution < -0.4 is 5.32 Å². The van der Waals surface area contributed by atoms with Crippen molar-refractivity contribution in [2.75, 3.05) is 11.9 Å². The lowest BCUT2D eigenvalue weighted by atomic mass is 10.1. The van der Waals surface area contributed by atoms with Crippen LogP contribution in [0.1, 0.15) is 6.92 Å². The van der Waals surface area contributed by atoms with Gasteiger partial charge < -0.3 is 5.32 Å². The molecule has 3 heteroatoms. The molecule has 0 radical (unpaired) electrons. The van der Waals surface area contributed by atoms with E-state index in [9.17, 15) is 0 Å². The SMILES string of the molecule is CCNc1ccnc(-c2ccc3ccccc3c2)n1. The van der Waals surface area contributed by atoms with Crippen molar-refractivity contribution < 1.29 is 0 Å². The second-order valence-electron chi connectivity index (χ2n) is 4.36. The second-order valence-corrected chi connectivity index (χ2v) is 4.36. The van der Waals surface area contributed by atoms with Gasteiger partial charge in [-0.3, -0.25) is 0 Å². The highest BCUT2D eigenvalue weighted by Crippen LogP contribution is 2.22. The number of hydrogen-bond acceptors (Lipinski definition) is 3. The fraction of sp³-hybridized carbons (Fsp3) is 0.125. The van der Waals surface area contributed by atoms with Crippen LogP contribution in [0.5, 0.6) is 0 Å². The minimum atomic E-state index is 0.754. The van der Waals surface area contributed by atoms with E-state index >= 15 is 0 Å². The molecule has 0 spiro atoms. The largest absolute Gasteiger partial charge is 0.370 e. The van der Waals surface area contributed by atoms with Crippen molar-refractivity contribution in [3.63, 3.8) is 0 Å². The van der Waals surface area contributed by atoms with E-state index < -0.39 is 0 Å². The van der Waals surface area contributed by atoms with E-state index in [0.717, 1.165) is 23.8 Å². The highest BCUT2D eigenvalue weighted by molar-refractivity contribution is 5.86. The van der Waals surface area contributed by atoms with Crippen molar-refractivity contribution in [3.8, 4) is 11.4 Å². The molecule has 0 aliphatic heterocycles. The van der Waals surface area contributed by atoms with Gasteiger partial charge in [0.1, 0.15) is 5.82 Å². The van der Waals surface area contributed by atoms with Crippen molar-refractivity contribution in [1.29, 1.82) is 0 Å². The molecule has 2 aromatic carbocycles. The van der Waals surface area contributed by atoms with Crippen molar-refractivity contribution >= 4 is 16.6 Å². The Morgan fingerprint density at radius 3 is 2.68 bits per heavy atom. The van der Waals surface area contributed by atoms with Crippen LogP contribution in [-0.2, 0) is 0 Å². The Kier molecular flexibility index (Phi) is 3.11. The number of benzene rings is 2. The van der Waals surface area contributed by atoms with Gasteiger partial charge in [-0.2, -0.15) is 0 Å². The first-order chi connectivity index (χ1) is 9.36. The van der Waals surface area contributed by atoms with E-state index in [2.05, 4.69) is 52.5 Å². The summed E-state index contributed by atoms with van der Waals surface area (Å²) in [4.78, 5) is 8.86. The molecule has 0 unspecified atom stereocenters. The number of hydrogen-bond donors (Lipinski definition) is 1. The predicted octanol–water partition coefficient (Wildman–Crippen LogP) is 3.73. The summed E-state index contributed by atoms with van der Waals surface area (Å²) in [7, 11) is 0. The maximum atomic E-state index is 4.52. The van der Waals surface area contributed by atoms with Gasteiger partial charge in [-0.25, -0.2) is 9.97 Å². The minimum Gasteiger partial charge on any atom is -0.370 e. The Labute approximate surface area is 112 Å². The molecule has 0 saturated heterocycles. The maximum absolute atomic E-state index is 4.52. The fourth-order valence-corrected chi connectivity index (χ4v) is 2.11. The Morgan fingerprint density at radius 1 is 1.00 bits per heavy atom. The molecule has 1 aromatic heterocycles. The smallest absolute Gasteiger partial charge is 0.161 e. The maximum Gasteiger partial charge on any atom is 0.161 e. The summed E-state index contributed by atoms with van der Waals surface area (Å²) in [5.41, 5.74) is 1.04. The summed E-state index contributed by atoms with van der Waals surface area (Å²) in [6.07, 6.45) is 1.79. The van der Waals surface area contributed by atoms with Crippen LogP contribution in [0.2, 0.25) is 0 Å². The molecule has 3 rings (SSSR count). The first-order valence-corrected chi connectivity index (χ1v) is 6.43. The van der Waals surface area contributed by atoms with Crippen LogP contribution in [0.3, 0.4) is 0 Å². The molecule has 1 heterocycles. The first-order valence-electron chi connectivity index (χ1n) is 6.43. The van der Waals surface area contributed by atoms with Gasteiger partial charge in [-0.05, 0) is 29.8 Å². The molecule has 0 amide bonds. The molecule has 1 N–H and O–H groups in total. The molecule has 0 aliphatic rings. The Balaban J connectivity index is 2.05. The Bertz CT molecular complexity index is 707. The zero-order valence-corrected chi connectivity index (χ0v) is 10.8. The number of rotatable bonds is 3. The predicted molar refractivity (Wildman–Crippen MR) is 79.1 cm³/mol. The van der Waals surface area contributed by atoms with Crippen molar-refractivity contribution in [2.24, 2.45) is 0 Å². The molecule has 0 aliphatic carbocycles. The molecular weight excluding hydrogens is 234 g/mol. The number of aromatic nitrogens is 2. The average Bonchev–Trinajstić information content (AvgIpc) is 2.47. The molecule has 3 nitrogen and oxygen atoms in total. The quantitative estimate of drug-likeness (QED) is 0.768. The van der Waals surface area contributed by atoms with E-state index in [1.165, 1.54) is 10.8 Å². The third-order valence-electron chi connectivity index (χ3n) is 3.02. The monoisotopic (exact) mass is 249 g/mol. The third kappa shape index (κ3) is 2.40. The van der Waals surface area contributed by atoms with Gasteiger partial charge in [0.05, 0.1) is 0 Å². The third-order valence-corrected chi connectivity index (χ3v) is 3.02. The highest BCUT2D eigenvalue weighted by Gasteiger charge is 2.03. The van der Waals surface area contributed by atoms with Gasteiger partial charge in [0.2, 0.25) is 0 Å². The lowest BCUT2D eigenvalue weighted by molar-refractivity contribution is 1.12. The molecule has 0 fully saturated rings. The number of anilines is 1. The Hall–Kier alpha value is -2.42. The van der Waals surface area contributed by atoms with E-state index in [0.29, 0.717) is 0 Å². The van der Waals surface area contributed by atoms with E-state index in [1.807, 2.05) is 18.2 Å². The first kappa shape index (κ1) is 11.7. The van der Waals surface area contributed by atoms with Crippen LogP contribution in [0.4, 0.5) is 5.82 Å². The van der Waals surface area contributed by atoms with Gasteiger partial charge in [0.15, 0.2) is 5.82 Å². The molecule has 3 aromatic rings. The summed E-state index contributed by atoms with van der Waals surface area (Å²) in [6, 6.07) is 16.5. The summed E-state index contributed by atoms with van der Waals surface area (Å²) in [5, 5.41) is 5.64. The highest BCUT2D eigenvalue weighted by atomic mass is 15.0. The van der Waals surface area contributed by atoms with Crippen molar-refractivity contribution in [1.82, 2.24) is 9.97 Å². The van der Waals surface area contributed by atoms with E-state index in [1.54, 1.807) is 6.20 Å². The van der Waals surface area contributed by atoms with E-state index in [4.69, 9.17) is 0 Å². The lowest BCUT2D eigenvalue weighted by Crippen LogP contribution is -2.00. The normalized spacial score (nSPS) is 10.6. The number of fused-ring (bicyclic) bond motifs is 1. The molecule has 0 atom stereocenters. The van der Waals surface area contributed by atoms with Crippen LogP contribution >= 0.6 is 0 Å². The summed E-state index contributed by atoms with van der Waals surface area (Å²) >= 11 is 0. The van der Waals surface area contributed by atoms with E-state index in [-0.39, 0.29) is 0 Å². The number of nitrogens with one attached hydrogen (secondary N) is 1. The topological polar surface area (TPSA) is 37.8 Å². The number of nitrogens with zero attached hydrogens (tertiary/aromatic N) is 2. The van der Waals surface area contributed by atoms with Gasteiger partial charge in [0.25, 0.3) is 0 Å². The average molecular weight is 249 g/mol. The van der Waals surface area contributed by atoms with Crippen molar-refractivity contribution in [3.05, 3.63) is 54.7 Å². The van der Waals surface area contributed by atoms with Crippen LogP contribution in [0, 0.1) is 0 Å². The fourth-order valence-electron chi connectivity index (χ4n) is 2.11. The molecule has 0 saturated carbocycles. The van der Waals surface area contributed by atoms with Crippen LogP contribution in [-0.4, -0.2) is 16.5 Å². The molecule has 94 valence electrons. The van der Waals surface area contributed by atoms with Crippen molar-refractivity contribution in [2.45, 2.75) is 6.92 Å². The van der Waals surface area contributed by atoms with Crippen LogP contribution in [0.15, 0.2) is 54.7 Å².